The zero-order valence-corrected chi connectivity index (χ0v) is 7.07. The van der Waals surface area contributed by atoms with Crippen molar-refractivity contribution in [3.8, 4) is 0 Å². The lowest BCUT2D eigenvalue weighted by Crippen LogP contribution is -2.27. The molecule has 8 heteroatoms. The molecule has 1 unspecified atom stereocenters. The van der Waals surface area contributed by atoms with E-state index in [2.05, 4.69) is 24.9 Å². The van der Waals surface area contributed by atoms with Crippen LogP contribution in [-0.2, 0) is 34.7 Å². The standard InChI is InChI=1S/C4H8O7S/c1-12(5,6)4-2-3-7-9-11-10-8-4/h4H,2-3H2,1H3. The molecule has 1 atom stereocenters. The van der Waals surface area contributed by atoms with Crippen LogP contribution in [0.15, 0.2) is 0 Å². The summed E-state index contributed by atoms with van der Waals surface area (Å²) in [6.07, 6.45) is 1.13. The maximum atomic E-state index is 10.9. The van der Waals surface area contributed by atoms with E-state index in [9.17, 15) is 8.42 Å². The van der Waals surface area contributed by atoms with Crippen molar-refractivity contribution in [2.75, 3.05) is 12.9 Å². The lowest BCUT2D eigenvalue weighted by Gasteiger charge is -2.14. The summed E-state index contributed by atoms with van der Waals surface area (Å²) in [6.45, 7) is 0.0428. The normalized spacial score (nSPS) is 27.6. The smallest absolute Gasteiger partial charge is 0.199 e. The summed E-state index contributed by atoms with van der Waals surface area (Å²) in [5, 5.41) is 11.6. The number of hydrogen-bond donors (Lipinski definition) is 0. The molecule has 0 spiro atoms. The van der Waals surface area contributed by atoms with Crippen LogP contribution in [0.4, 0.5) is 0 Å². The van der Waals surface area contributed by atoms with Crippen molar-refractivity contribution in [1.29, 1.82) is 0 Å². The second-order valence-corrected chi connectivity index (χ2v) is 4.35. The van der Waals surface area contributed by atoms with Crippen LogP contribution in [0.25, 0.3) is 0 Å². The van der Waals surface area contributed by atoms with Crippen LogP contribution in [0.2, 0.25) is 0 Å². The van der Waals surface area contributed by atoms with Crippen LogP contribution in [0, 0.1) is 0 Å². The molecule has 7 nitrogen and oxygen atoms in total. The average molecular weight is 200 g/mol. The van der Waals surface area contributed by atoms with Crippen molar-refractivity contribution in [3.05, 3.63) is 0 Å². The first-order valence-corrected chi connectivity index (χ1v) is 5.03. The molecule has 1 heterocycles. The molecule has 1 fully saturated rings. The van der Waals surface area contributed by atoms with E-state index < -0.39 is 15.3 Å². The molecule has 72 valence electrons. The minimum Gasteiger partial charge on any atom is -0.226 e. The fourth-order valence-corrected chi connectivity index (χ4v) is 1.30. The average Bonchev–Trinajstić information content (AvgIpc) is 1.81. The third-order valence-corrected chi connectivity index (χ3v) is 2.43. The summed E-state index contributed by atoms with van der Waals surface area (Å²) in [5.41, 5.74) is -1.10. The summed E-state index contributed by atoms with van der Waals surface area (Å²) >= 11 is 0. The number of sulfone groups is 1. The quantitative estimate of drug-likeness (QED) is 0.528. The maximum Gasteiger partial charge on any atom is 0.199 e. The van der Waals surface area contributed by atoms with Gasteiger partial charge in [0, 0.05) is 12.7 Å². The van der Waals surface area contributed by atoms with E-state index in [-0.39, 0.29) is 13.0 Å². The SMILES string of the molecule is CS(=O)(=O)C1CCOOOOO1. The third-order valence-electron chi connectivity index (χ3n) is 1.16. The lowest BCUT2D eigenvalue weighted by atomic mass is 10.5. The molecule has 0 aromatic carbocycles. The van der Waals surface area contributed by atoms with E-state index in [1.165, 1.54) is 0 Å². The van der Waals surface area contributed by atoms with Gasteiger partial charge >= 0.3 is 0 Å². The van der Waals surface area contributed by atoms with Gasteiger partial charge in [0.05, 0.1) is 6.61 Å². The van der Waals surface area contributed by atoms with Gasteiger partial charge in [0.25, 0.3) is 0 Å². The Balaban J connectivity index is 2.51. The highest BCUT2D eigenvalue weighted by atomic mass is 32.2. The van der Waals surface area contributed by atoms with Crippen LogP contribution in [-0.4, -0.2) is 26.7 Å². The van der Waals surface area contributed by atoms with E-state index in [1.54, 1.807) is 0 Å². The Labute approximate surface area is 68.7 Å². The van der Waals surface area contributed by atoms with E-state index in [1.807, 2.05) is 0 Å². The Hall–Kier alpha value is -0.250. The van der Waals surface area contributed by atoms with Crippen molar-refractivity contribution < 1.29 is 33.3 Å². The van der Waals surface area contributed by atoms with Crippen molar-refractivity contribution in [2.45, 2.75) is 11.9 Å². The Kier molecular flexibility index (Phi) is 3.38. The second kappa shape index (κ2) is 4.12. The Morgan fingerprint density at radius 3 is 2.67 bits per heavy atom. The molecule has 1 saturated heterocycles. The first-order chi connectivity index (χ1) is 5.61. The van der Waals surface area contributed by atoms with E-state index in [0.29, 0.717) is 0 Å². The van der Waals surface area contributed by atoms with Gasteiger partial charge in [-0.15, -0.1) is 0 Å². The molecule has 0 saturated carbocycles. The zero-order chi connectivity index (χ0) is 9.03. The Morgan fingerprint density at radius 2 is 2.00 bits per heavy atom. The van der Waals surface area contributed by atoms with Gasteiger partial charge in [-0.3, -0.25) is 0 Å². The van der Waals surface area contributed by atoms with Gasteiger partial charge < -0.3 is 0 Å². The predicted octanol–water partition coefficient (Wildman–Crippen LogP) is -0.496. The summed E-state index contributed by atoms with van der Waals surface area (Å²) in [5.74, 6) is 0. The van der Waals surface area contributed by atoms with Gasteiger partial charge in [-0.05, 0) is 15.1 Å². The molecule has 12 heavy (non-hydrogen) atoms. The predicted molar refractivity (Wildman–Crippen MR) is 33.5 cm³/mol. The fraction of sp³-hybridized carbons (Fsp3) is 1.00. The summed E-state index contributed by atoms with van der Waals surface area (Å²) in [4.78, 5) is 8.64. The van der Waals surface area contributed by atoms with Crippen LogP contribution < -0.4 is 0 Å². The van der Waals surface area contributed by atoms with Crippen molar-refractivity contribution in [3.63, 3.8) is 0 Å². The van der Waals surface area contributed by atoms with Gasteiger partial charge in [-0.1, -0.05) is 0 Å². The molecule has 1 aliphatic rings. The molecule has 0 aromatic rings. The third kappa shape index (κ3) is 3.01. The molecular formula is C4H8O7S. The Morgan fingerprint density at radius 1 is 1.25 bits per heavy atom. The molecule has 0 aliphatic carbocycles. The van der Waals surface area contributed by atoms with Crippen molar-refractivity contribution in [2.24, 2.45) is 0 Å². The van der Waals surface area contributed by atoms with Gasteiger partial charge in [-0.2, -0.15) is 4.89 Å². The van der Waals surface area contributed by atoms with Gasteiger partial charge in [0.15, 0.2) is 15.3 Å². The largest absolute Gasteiger partial charge is 0.226 e. The lowest BCUT2D eigenvalue weighted by molar-refractivity contribution is -0.717. The van der Waals surface area contributed by atoms with Crippen molar-refractivity contribution >= 4 is 9.84 Å². The van der Waals surface area contributed by atoms with Crippen LogP contribution in [0.3, 0.4) is 0 Å². The van der Waals surface area contributed by atoms with Gasteiger partial charge in [-0.25, -0.2) is 13.3 Å². The monoisotopic (exact) mass is 200 g/mol. The maximum absolute atomic E-state index is 10.9. The van der Waals surface area contributed by atoms with E-state index >= 15 is 0 Å². The van der Waals surface area contributed by atoms with Crippen molar-refractivity contribution in [1.82, 2.24) is 0 Å². The molecule has 0 aromatic heterocycles. The zero-order valence-electron chi connectivity index (χ0n) is 6.26. The number of hydrogen-bond acceptors (Lipinski definition) is 7. The van der Waals surface area contributed by atoms with E-state index in [0.717, 1.165) is 6.26 Å². The summed E-state index contributed by atoms with van der Waals surface area (Å²) < 4.78 is 21.8. The highest BCUT2D eigenvalue weighted by Crippen LogP contribution is 2.10. The fourth-order valence-electron chi connectivity index (χ4n) is 0.603. The van der Waals surface area contributed by atoms with Crippen LogP contribution in [0.5, 0.6) is 0 Å². The molecule has 0 bridgehead atoms. The molecule has 1 aliphatic heterocycles. The number of rotatable bonds is 1. The molecule has 1 rings (SSSR count). The molecule has 0 amide bonds. The minimum atomic E-state index is -3.33. The first-order valence-electron chi connectivity index (χ1n) is 3.08. The molecular weight excluding hydrogens is 192 g/mol. The van der Waals surface area contributed by atoms with Crippen LogP contribution >= 0.6 is 0 Å². The van der Waals surface area contributed by atoms with E-state index in [4.69, 9.17) is 0 Å². The second-order valence-electron chi connectivity index (χ2n) is 2.17. The first kappa shape index (κ1) is 9.84. The topological polar surface area (TPSA) is 80.3 Å². The highest BCUT2D eigenvalue weighted by Gasteiger charge is 2.24. The molecule has 0 radical (unpaired) electrons. The summed E-state index contributed by atoms with van der Waals surface area (Å²) in [6, 6.07) is 0. The summed E-state index contributed by atoms with van der Waals surface area (Å²) in [7, 11) is -3.33. The Bertz CT molecular complexity index is 214. The van der Waals surface area contributed by atoms with Gasteiger partial charge in [0.2, 0.25) is 0 Å². The van der Waals surface area contributed by atoms with Crippen LogP contribution in [0.1, 0.15) is 6.42 Å². The molecule has 0 N–H and O–H groups in total. The minimum absolute atomic E-state index is 0.0428. The van der Waals surface area contributed by atoms with Gasteiger partial charge in [0.1, 0.15) is 0 Å². The highest BCUT2D eigenvalue weighted by molar-refractivity contribution is 7.91.